The molecule has 1 aliphatic heterocycles. The van der Waals surface area contributed by atoms with E-state index in [1.807, 2.05) is 42.7 Å². The molecule has 34 heavy (non-hydrogen) atoms. The van der Waals surface area contributed by atoms with Crippen molar-refractivity contribution in [2.45, 2.75) is 43.7 Å². The molecule has 1 saturated heterocycles. The normalized spacial score (nSPS) is 19.9. The standard InChI is InChI=1S/C26H30N2O5S/c1-26(24(30)31)13-7-14-28(26)23(29)22(12-15-34-2)27-25(32)33-16-21-19-10-5-3-8-17(19)18-9-4-6-11-20(18)21/h3-6,8-11,21-22H,7,12-16H2,1-2H3,(H,27,32)(H,30,31)/t22-,26-/m0/s1. The number of aliphatic carboxylic acids is 1. The smallest absolute Gasteiger partial charge is 0.407 e. The molecule has 2 N–H and O–H groups in total. The van der Waals surface area contributed by atoms with Gasteiger partial charge in [0.15, 0.2) is 0 Å². The molecule has 1 heterocycles. The minimum atomic E-state index is -1.25. The van der Waals surface area contributed by atoms with Gasteiger partial charge in [-0.15, -0.1) is 0 Å². The second kappa shape index (κ2) is 10.1. The predicted octanol–water partition coefficient (Wildman–Crippen LogP) is 4.11. The molecular weight excluding hydrogens is 452 g/mol. The number of hydrogen-bond donors (Lipinski definition) is 2. The van der Waals surface area contributed by atoms with Crippen molar-refractivity contribution in [3.8, 4) is 11.1 Å². The van der Waals surface area contributed by atoms with Crippen molar-refractivity contribution in [1.29, 1.82) is 0 Å². The molecule has 2 amide bonds. The summed E-state index contributed by atoms with van der Waals surface area (Å²) in [5, 5.41) is 12.4. The Morgan fingerprint density at radius 1 is 1.15 bits per heavy atom. The third kappa shape index (κ3) is 4.51. The van der Waals surface area contributed by atoms with E-state index < -0.39 is 23.6 Å². The highest BCUT2D eigenvalue weighted by Gasteiger charge is 2.47. The zero-order chi connectivity index (χ0) is 24.3. The molecule has 0 bridgehead atoms. The van der Waals surface area contributed by atoms with Gasteiger partial charge in [-0.05, 0) is 60.4 Å². The minimum Gasteiger partial charge on any atom is -0.480 e. The fraction of sp³-hybridized carbons (Fsp3) is 0.423. The maximum atomic E-state index is 13.3. The molecule has 0 saturated carbocycles. The lowest BCUT2D eigenvalue weighted by atomic mass is 9.98. The highest BCUT2D eigenvalue weighted by atomic mass is 32.2. The monoisotopic (exact) mass is 482 g/mol. The number of nitrogens with zero attached hydrogens (tertiary/aromatic N) is 1. The van der Waals surface area contributed by atoms with E-state index in [4.69, 9.17) is 4.74 Å². The van der Waals surface area contributed by atoms with E-state index in [-0.39, 0.29) is 18.4 Å². The molecule has 0 unspecified atom stereocenters. The number of thioether (sulfide) groups is 1. The van der Waals surface area contributed by atoms with Gasteiger partial charge in [-0.3, -0.25) is 4.79 Å². The zero-order valence-corrected chi connectivity index (χ0v) is 20.3. The average Bonchev–Trinajstić information content (AvgIpc) is 3.39. The number of amides is 2. The Morgan fingerprint density at radius 3 is 2.35 bits per heavy atom. The highest BCUT2D eigenvalue weighted by Crippen LogP contribution is 2.44. The Balaban J connectivity index is 1.45. The van der Waals surface area contributed by atoms with E-state index in [1.165, 1.54) is 4.90 Å². The van der Waals surface area contributed by atoms with Gasteiger partial charge >= 0.3 is 12.1 Å². The number of carbonyl (C=O) groups excluding carboxylic acids is 2. The summed E-state index contributed by atoms with van der Waals surface area (Å²) in [6, 6.07) is 15.3. The first kappa shape index (κ1) is 24.1. The number of nitrogens with one attached hydrogen (secondary N) is 1. The number of alkyl carbamates (subject to hydrolysis) is 1. The van der Waals surface area contributed by atoms with E-state index >= 15 is 0 Å². The largest absolute Gasteiger partial charge is 0.480 e. The summed E-state index contributed by atoms with van der Waals surface area (Å²) in [5.74, 6) is -0.821. The van der Waals surface area contributed by atoms with Crippen LogP contribution in [0.3, 0.4) is 0 Å². The third-order valence-electron chi connectivity index (χ3n) is 6.91. The van der Waals surface area contributed by atoms with Crippen LogP contribution in [0.4, 0.5) is 4.79 Å². The van der Waals surface area contributed by atoms with Crippen molar-refractivity contribution >= 4 is 29.7 Å². The number of rotatable bonds is 8. The van der Waals surface area contributed by atoms with Crippen LogP contribution < -0.4 is 5.32 Å². The summed E-state index contributed by atoms with van der Waals surface area (Å²) in [7, 11) is 0. The summed E-state index contributed by atoms with van der Waals surface area (Å²) >= 11 is 1.56. The summed E-state index contributed by atoms with van der Waals surface area (Å²) in [6.45, 7) is 2.09. The van der Waals surface area contributed by atoms with Crippen molar-refractivity contribution < 1.29 is 24.2 Å². The molecule has 2 aromatic carbocycles. The van der Waals surface area contributed by atoms with Gasteiger partial charge in [0.2, 0.25) is 5.91 Å². The van der Waals surface area contributed by atoms with Crippen LogP contribution in [-0.2, 0) is 14.3 Å². The lowest BCUT2D eigenvalue weighted by Gasteiger charge is -2.34. The van der Waals surface area contributed by atoms with Gasteiger partial charge in [-0.2, -0.15) is 11.8 Å². The third-order valence-corrected chi connectivity index (χ3v) is 7.56. The predicted molar refractivity (Wildman–Crippen MR) is 132 cm³/mol. The number of carboxylic acids is 1. The molecule has 2 aromatic rings. The number of likely N-dealkylation sites (tertiary alicyclic amines) is 1. The lowest BCUT2D eigenvalue weighted by Crippen LogP contribution is -2.57. The van der Waals surface area contributed by atoms with E-state index in [1.54, 1.807) is 18.7 Å². The van der Waals surface area contributed by atoms with Gasteiger partial charge in [-0.25, -0.2) is 9.59 Å². The van der Waals surface area contributed by atoms with Gasteiger partial charge in [0.25, 0.3) is 0 Å². The van der Waals surface area contributed by atoms with E-state index in [2.05, 4.69) is 17.4 Å². The molecule has 2 aliphatic rings. The molecule has 2 atom stereocenters. The van der Waals surface area contributed by atoms with Crippen LogP contribution in [0, 0.1) is 0 Å². The summed E-state index contributed by atoms with van der Waals surface area (Å²) in [5.41, 5.74) is 3.25. The van der Waals surface area contributed by atoms with Crippen LogP contribution in [0.15, 0.2) is 48.5 Å². The van der Waals surface area contributed by atoms with Crippen LogP contribution in [-0.4, -0.2) is 64.7 Å². The van der Waals surface area contributed by atoms with Crippen molar-refractivity contribution in [1.82, 2.24) is 10.2 Å². The number of carbonyl (C=O) groups is 3. The first-order valence-electron chi connectivity index (χ1n) is 11.5. The Kier molecular flexibility index (Phi) is 7.16. The molecule has 1 fully saturated rings. The number of benzene rings is 2. The van der Waals surface area contributed by atoms with Gasteiger partial charge in [0.1, 0.15) is 18.2 Å². The van der Waals surface area contributed by atoms with Crippen LogP contribution in [0.1, 0.15) is 43.2 Å². The SMILES string of the molecule is CSCC[C@H](NC(=O)OCC1c2ccccc2-c2ccccc21)C(=O)N1CCC[C@@]1(C)C(=O)O. The topological polar surface area (TPSA) is 95.9 Å². The molecule has 1 aliphatic carbocycles. The zero-order valence-electron chi connectivity index (χ0n) is 19.5. The van der Waals surface area contributed by atoms with E-state index in [0.717, 1.165) is 22.3 Å². The van der Waals surface area contributed by atoms with Crippen molar-refractivity contribution in [2.75, 3.05) is 25.2 Å². The lowest BCUT2D eigenvalue weighted by molar-refractivity contribution is -0.156. The van der Waals surface area contributed by atoms with E-state index in [9.17, 15) is 19.5 Å². The molecule has 180 valence electrons. The van der Waals surface area contributed by atoms with Crippen molar-refractivity contribution in [3.63, 3.8) is 0 Å². The van der Waals surface area contributed by atoms with Crippen LogP contribution >= 0.6 is 11.8 Å². The van der Waals surface area contributed by atoms with Gasteiger partial charge in [0.05, 0.1) is 0 Å². The first-order chi connectivity index (χ1) is 16.4. The molecule has 0 radical (unpaired) electrons. The second-order valence-electron chi connectivity index (χ2n) is 8.98. The van der Waals surface area contributed by atoms with Crippen LogP contribution in [0.2, 0.25) is 0 Å². The molecule has 0 spiro atoms. The summed E-state index contributed by atoms with van der Waals surface area (Å²) < 4.78 is 5.62. The fourth-order valence-corrected chi connectivity index (χ4v) is 5.47. The van der Waals surface area contributed by atoms with E-state index in [0.29, 0.717) is 31.6 Å². The molecule has 4 rings (SSSR count). The Morgan fingerprint density at radius 2 is 1.76 bits per heavy atom. The molecule has 0 aromatic heterocycles. The summed E-state index contributed by atoms with van der Waals surface area (Å²) in [6.07, 6.45) is 2.67. The summed E-state index contributed by atoms with van der Waals surface area (Å²) in [4.78, 5) is 39.3. The van der Waals surface area contributed by atoms with Crippen molar-refractivity contribution in [3.05, 3.63) is 59.7 Å². The van der Waals surface area contributed by atoms with Crippen LogP contribution in [0.5, 0.6) is 0 Å². The maximum Gasteiger partial charge on any atom is 0.407 e. The molecule has 7 nitrogen and oxygen atoms in total. The number of fused-ring (bicyclic) bond motifs is 3. The fourth-order valence-electron chi connectivity index (χ4n) is 5.00. The number of hydrogen-bond acceptors (Lipinski definition) is 5. The maximum absolute atomic E-state index is 13.3. The Bertz CT molecular complexity index is 1040. The Labute approximate surface area is 203 Å². The highest BCUT2D eigenvalue weighted by molar-refractivity contribution is 7.98. The first-order valence-corrected chi connectivity index (χ1v) is 12.9. The Hall–Kier alpha value is -3.00. The van der Waals surface area contributed by atoms with Gasteiger partial charge < -0.3 is 20.1 Å². The van der Waals surface area contributed by atoms with Gasteiger partial charge in [0, 0.05) is 12.5 Å². The molecular formula is C26H30N2O5S. The average molecular weight is 483 g/mol. The van der Waals surface area contributed by atoms with Crippen LogP contribution in [0.25, 0.3) is 11.1 Å². The minimum absolute atomic E-state index is 0.0765. The number of ether oxygens (including phenoxy) is 1. The van der Waals surface area contributed by atoms with Gasteiger partial charge in [-0.1, -0.05) is 48.5 Å². The molecule has 8 heteroatoms. The van der Waals surface area contributed by atoms with Crippen molar-refractivity contribution in [2.24, 2.45) is 0 Å². The quantitative estimate of drug-likeness (QED) is 0.588. The second-order valence-corrected chi connectivity index (χ2v) is 9.96. The number of carboxylic acid groups (broad SMARTS) is 1.